The van der Waals surface area contributed by atoms with E-state index >= 15 is 0 Å². The number of carbonyl (C=O) groups is 4. The summed E-state index contributed by atoms with van der Waals surface area (Å²) >= 11 is 0. The van der Waals surface area contributed by atoms with E-state index < -0.39 is 79.8 Å². The topological polar surface area (TPSA) is 140 Å². The van der Waals surface area contributed by atoms with Crippen molar-refractivity contribution in [3.63, 3.8) is 0 Å². The molecule has 2 amide bonds. The molecule has 0 fully saturated rings. The van der Waals surface area contributed by atoms with Crippen LogP contribution in [0.15, 0.2) is 30.3 Å². The Morgan fingerprint density at radius 1 is 0.791 bits per heavy atom. The number of carboxylic acid groups (broad SMARTS) is 1. The van der Waals surface area contributed by atoms with E-state index in [2.05, 4.69) is 4.74 Å². The van der Waals surface area contributed by atoms with Gasteiger partial charge in [-0.15, -0.1) is 0 Å². The summed E-state index contributed by atoms with van der Waals surface area (Å²) in [5.41, 5.74) is -1.19. The van der Waals surface area contributed by atoms with E-state index in [-0.39, 0.29) is 6.61 Å². The number of ether oxygens (including phenoxy) is 3. The maximum Gasteiger partial charge on any atom is 0.408 e. The van der Waals surface area contributed by atoms with Crippen molar-refractivity contribution >= 4 is 24.1 Å². The van der Waals surface area contributed by atoms with Gasteiger partial charge in [0.2, 0.25) is 0 Å². The van der Waals surface area contributed by atoms with Crippen LogP contribution in [0.2, 0.25) is 0 Å². The van der Waals surface area contributed by atoms with Crippen molar-refractivity contribution < 1.29 is 70.6 Å². The highest BCUT2D eigenvalue weighted by atomic mass is 19.4. The van der Waals surface area contributed by atoms with Gasteiger partial charge in [0.05, 0.1) is 21.4 Å². The molecule has 0 heterocycles. The molecule has 0 spiro atoms. The predicted molar refractivity (Wildman–Crippen MR) is 139 cm³/mol. The lowest BCUT2D eigenvalue weighted by Crippen LogP contribution is -2.46. The van der Waals surface area contributed by atoms with Crippen molar-refractivity contribution in [3.8, 4) is 0 Å². The van der Waals surface area contributed by atoms with Gasteiger partial charge in [0.15, 0.2) is 0 Å². The summed E-state index contributed by atoms with van der Waals surface area (Å²) in [5.74, 6) is -2.95. The molecule has 1 aromatic carbocycles. The lowest BCUT2D eigenvalue weighted by molar-refractivity contribution is -0.163. The fraction of sp³-hybridized carbons (Fsp3) is 0.615. The number of alkyl carbamates (subject to hydrolysis) is 2. The molecule has 0 radical (unpaired) electrons. The number of aliphatic carboxylic acids is 1. The third-order valence-electron chi connectivity index (χ3n) is 4.06. The molecule has 17 heteroatoms. The molecule has 1 rings (SSSR count). The molecule has 2 unspecified atom stereocenters. The molecule has 0 saturated carbocycles. The predicted octanol–water partition coefficient (Wildman–Crippen LogP) is 6.08. The van der Waals surface area contributed by atoms with Gasteiger partial charge in [-0.1, -0.05) is 30.3 Å². The van der Waals surface area contributed by atoms with Gasteiger partial charge in [0.1, 0.15) is 29.9 Å². The Morgan fingerprint density at radius 3 is 1.51 bits per heavy atom. The molecule has 0 aromatic heterocycles. The third kappa shape index (κ3) is 24.5. The second-order valence-corrected chi connectivity index (χ2v) is 10.5. The maximum absolute atomic E-state index is 12.6. The second-order valence-electron chi connectivity index (χ2n) is 10.5. The summed E-state index contributed by atoms with van der Waals surface area (Å²) in [6.07, 6.45) is -14.8. The third-order valence-corrected chi connectivity index (χ3v) is 4.06. The first-order valence-electron chi connectivity index (χ1n) is 12.9. The van der Waals surface area contributed by atoms with Crippen molar-refractivity contribution in [2.75, 3.05) is 7.15 Å². The Balaban J connectivity index is 0. The number of hydrogen-bond acceptors (Lipinski definition) is 7. The van der Waals surface area contributed by atoms with E-state index in [9.17, 15) is 49.9 Å². The number of amides is 2. The van der Waals surface area contributed by atoms with Crippen molar-refractivity contribution in [1.29, 1.82) is 0 Å². The first kappa shape index (κ1) is 39.2. The molecular formula is C26H37F7N2O8. The number of carbonyl (C=O) groups excluding carboxylic acids is 3. The molecule has 1 aromatic rings. The minimum atomic E-state index is -4.68. The fourth-order valence-corrected chi connectivity index (χ4v) is 2.59. The number of hydrogen-bond donors (Lipinski definition) is 3. The van der Waals surface area contributed by atoms with Crippen LogP contribution in [0.25, 0.3) is 0 Å². The number of rotatable bonds is 8. The SMILES string of the molecule is CC(C)(C)OC(=O)NC(CC(F)(F)F)C(=O)O.CC(C)(C)OC(=O)NC(CC(F)(F)F)C(=O)OCc1ccccc1.[2H]CF. The highest BCUT2D eigenvalue weighted by Crippen LogP contribution is 2.23. The number of esters is 1. The van der Waals surface area contributed by atoms with Gasteiger partial charge >= 0.3 is 36.5 Å². The molecule has 0 aliphatic carbocycles. The highest BCUT2D eigenvalue weighted by Gasteiger charge is 2.38. The number of carboxylic acids is 1. The Kier molecular flexibility index (Phi) is 16.4. The Hall–Kier alpha value is -3.79. The van der Waals surface area contributed by atoms with Gasteiger partial charge in [-0.3, -0.25) is 4.39 Å². The maximum atomic E-state index is 12.6. The summed E-state index contributed by atoms with van der Waals surface area (Å²) in [6.45, 7) is 8.99. The summed E-state index contributed by atoms with van der Waals surface area (Å²) in [7, 11) is -1.00. The second kappa shape index (κ2) is 18.0. The normalized spacial score (nSPS) is 13.3. The Bertz CT molecular complexity index is 1030. The van der Waals surface area contributed by atoms with Crippen LogP contribution in [-0.4, -0.2) is 72.0 Å². The van der Waals surface area contributed by atoms with Gasteiger partial charge in [0.25, 0.3) is 0 Å². The molecule has 0 aliphatic rings. The van der Waals surface area contributed by atoms with Gasteiger partial charge in [0, 0.05) is 0 Å². The highest BCUT2D eigenvalue weighted by molar-refractivity contribution is 5.81. The Morgan fingerprint density at radius 2 is 1.16 bits per heavy atom. The fourth-order valence-electron chi connectivity index (χ4n) is 2.59. The minimum Gasteiger partial charge on any atom is -0.480 e. The lowest BCUT2D eigenvalue weighted by atomic mass is 10.2. The van der Waals surface area contributed by atoms with E-state index in [0.29, 0.717) is 5.56 Å². The standard InChI is InChI=1S/C16H20F3NO4.C9H14F3NO4.CH3F/c1-15(2,3)24-14(22)20-12(9-16(17,18)19)13(21)23-10-11-7-5-4-6-8-11;1-8(2,3)17-7(16)13-5(6(14)15)4-9(10,11)12;1-2/h4-8,12H,9-10H2,1-3H3,(H,20,22);5H,4H2,1-3H3,(H,13,16)(H,14,15);1H3/i;;1D. The van der Waals surface area contributed by atoms with Crippen molar-refractivity contribution in [3.05, 3.63) is 35.9 Å². The zero-order valence-electron chi connectivity index (χ0n) is 25.3. The van der Waals surface area contributed by atoms with Crippen LogP contribution in [0.1, 0.15) is 61.3 Å². The van der Waals surface area contributed by atoms with Crippen LogP contribution in [-0.2, 0) is 30.4 Å². The van der Waals surface area contributed by atoms with Crippen LogP contribution in [0.3, 0.4) is 0 Å². The van der Waals surface area contributed by atoms with E-state index in [1.165, 1.54) is 20.8 Å². The van der Waals surface area contributed by atoms with Crippen LogP contribution >= 0.6 is 0 Å². The van der Waals surface area contributed by atoms with E-state index in [0.717, 1.165) is 0 Å². The number of alkyl halides is 7. The zero-order valence-corrected chi connectivity index (χ0v) is 24.3. The molecule has 2 atom stereocenters. The zero-order chi connectivity index (χ0) is 34.9. The molecule has 0 bridgehead atoms. The van der Waals surface area contributed by atoms with Gasteiger partial charge in [-0.05, 0) is 47.1 Å². The first-order chi connectivity index (χ1) is 19.8. The molecule has 248 valence electrons. The van der Waals surface area contributed by atoms with Crippen molar-refractivity contribution in [1.82, 2.24) is 10.6 Å². The smallest absolute Gasteiger partial charge is 0.408 e. The van der Waals surface area contributed by atoms with Crippen LogP contribution < -0.4 is 10.6 Å². The largest absolute Gasteiger partial charge is 0.480 e. The average Bonchev–Trinajstić information content (AvgIpc) is 2.79. The molecule has 3 N–H and O–H groups in total. The molecule has 0 aliphatic heterocycles. The number of benzene rings is 1. The van der Waals surface area contributed by atoms with Crippen LogP contribution in [0.5, 0.6) is 0 Å². The van der Waals surface area contributed by atoms with Crippen molar-refractivity contribution in [2.45, 2.75) is 96.6 Å². The summed E-state index contributed by atoms with van der Waals surface area (Å²) < 4.78 is 104. The molecule has 43 heavy (non-hydrogen) atoms. The quantitative estimate of drug-likeness (QED) is 0.177. The van der Waals surface area contributed by atoms with E-state index in [1.807, 2.05) is 5.32 Å². The van der Waals surface area contributed by atoms with E-state index in [4.69, 9.17) is 16.0 Å². The summed E-state index contributed by atoms with van der Waals surface area (Å²) in [5, 5.41) is 12.1. The van der Waals surface area contributed by atoms with Gasteiger partial charge < -0.3 is 30.0 Å². The minimum absolute atomic E-state index is 0.190. The average molecular weight is 640 g/mol. The summed E-state index contributed by atoms with van der Waals surface area (Å²) in [4.78, 5) is 45.1. The molecular weight excluding hydrogens is 601 g/mol. The monoisotopic (exact) mass is 639 g/mol. The molecule has 10 nitrogen and oxygen atoms in total. The number of nitrogens with one attached hydrogen (secondary N) is 2. The number of halogens is 7. The van der Waals surface area contributed by atoms with Crippen molar-refractivity contribution in [2.24, 2.45) is 0 Å². The van der Waals surface area contributed by atoms with Crippen LogP contribution in [0, 0.1) is 0 Å². The first-order valence-corrected chi connectivity index (χ1v) is 12.2. The lowest BCUT2D eigenvalue weighted by Gasteiger charge is -2.23. The Labute approximate surface area is 245 Å². The van der Waals surface area contributed by atoms with E-state index in [1.54, 1.807) is 56.4 Å². The molecule has 0 saturated heterocycles. The van der Waals surface area contributed by atoms with Gasteiger partial charge in [-0.25, -0.2) is 19.2 Å². The van der Waals surface area contributed by atoms with Gasteiger partial charge in [-0.2, -0.15) is 26.3 Å². The van der Waals surface area contributed by atoms with Crippen LogP contribution in [0.4, 0.5) is 40.3 Å². The summed E-state index contributed by atoms with van der Waals surface area (Å²) in [6, 6.07) is 4.56.